The Hall–Kier alpha value is -1.78. The molecule has 1 unspecified atom stereocenters. The largest absolute Gasteiger partial charge is 0.487 e. The highest BCUT2D eigenvalue weighted by Gasteiger charge is 2.37. The van der Waals surface area contributed by atoms with Crippen LogP contribution in [-0.2, 0) is 6.42 Å². The molecule has 1 aromatic carbocycles. The fourth-order valence-corrected chi connectivity index (χ4v) is 2.94. The predicted octanol–water partition coefficient (Wildman–Crippen LogP) is 3.07. The van der Waals surface area contributed by atoms with Gasteiger partial charge in [0.05, 0.1) is 5.60 Å². The van der Waals surface area contributed by atoms with E-state index < -0.39 is 11.9 Å². The van der Waals surface area contributed by atoms with Crippen LogP contribution in [0.2, 0.25) is 0 Å². The molecule has 2 atom stereocenters. The topological polar surface area (TPSA) is 58.9 Å². The third kappa shape index (κ3) is 2.77. The molecule has 0 saturated heterocycles. The van der Waals surface area contributed by atoms with Crippen LogP contribution in [0.4, 0.5) is 0 Å². The van der Waals surface area contributed by atoms with Crippen molar-refractivity contribution in [3.63, 3.8) is 0 Å². The number of aliphatic hydroxyl groups excluding tert-OH is 1. The monoisotopic (exact) mass is 316 g/mol. The van der Waals surface area contributed by atoms with Gasteiger partial charge in [0.15, 0.2) is 0 Å². The lowest BCUT2D eigenvalue weighted by atomic mass is 9.81. The van der Waals surface area contributed by atoms with Crippen LogP contribution in [0.25, 0.3) is 6.08 Å². The zero-order chi connectivity index (χ0) is 17.0. The van der Waals surface area contributed by atoms with Crippen LogP contribution < -0.4 is 9.47 Å². The second kappa shape index (κ2) is 5.11. The molecule has 0 aliphatic carbocycles. The summed E-state index contributed by atoms with van der Waals surface area (Å²) in [5.41, 5.74) is 1.47. The number of rotatable bonds is 3. The van der Waals surface area contributed by atoms with Crippen molar-refractivity contribution in [1.29, 1.82) is 0 Å². The predicted molar refractivity (Wildman–Crippen MR) is 89.4 cm³/mol. The zero-order valence-electron chi connectivity index (χ0n) is 14.1. The Balaban J connectivity index is 2.00. The van der Waals surface area contributed by atoms with E-state index >= 15 is 0 Å². The Morgan fingerprint density at radius 2 is 1.87 bits per heavy atom. The number of ether oxygens (including phenoxy) is 2. The number of hydrogen-bond donors (Lipinski definition) is 2. The number of hydrogen-bond acceptors (Lipinski definition) is 4. The van der Waals surface area contributed by atoms with Crippen LogP contribution in [0.15, 0.2) is 30.4 Å². The summed E-state index contributed by atoms with van der Waals surface area (Å²) in [4.78, 5) is 0. The summed E-state index contributed by atoms with van der Waals surface area (Å²) in [5.74, 6) is 1.30. The molecular formula is C19H24O4. The van der Waals surface area contributed by atoms with E-state index in [4.69, 9.17) is 9.47 Å². The second-order valence-corrected chi connectivity index (χ2v) is 7.46. The third-order valence-electron chi connectivity index (χ3n) is 4.73. The van der Waals surface area contributed by atoms with Crippen LogP contribution in [0.1, 0.15) is 38.8 Å². The van der Waals surface area contributed by atoms with Gasteiger partial charge in [0.1, 0.15) is 17.6 Å². The van der Waals surface area contributed by atoms with Gasteiger partial charge in [-0.1, -0.05) is 19.9 Å². The van der Waals surface area contributed by atoms with Gasteiger partial charge >= 0.3 is 0 Å². The summed E-state index contributed by atoms with van der Waals surface area (Å²) in [6.07, 6.45) is 3.14. The van der Waals surface area contributed by atoms with Crippen molar-refractivity contribution < 1.29 is 19.7 Å². The first kappa shape index (κ1) is 16.1. The maximum atomic E-state index is 10.3. The maximum Gasteiger partial charge on any atom is 0.221 e. The standard InChI is InChI=1S/C19H24O4/c1-6-18(2,3)13-8-11-7-12-9-16(19(4,5)21)22-14(12)10-15(11)23-17(13)20/h6-8,10,16-17,20-21H,1,9H2,2-5H3/t16-,17?/m0/s1. The molecule has 0 radical (unpaired) electrons. The van der Waals surface area contributed by atoms with Crippen molar-refractivity contribution in [2.75, 3.05) is 0 Å². The smallest absolute Gasteiger partial charge is 0.221 e. The van der Waals surface area contributed by atoms with Gasteiger partial charge in [-0.15, -0.1) is 6.58 Å². The van der Waals surface area contributed by atoms with Gasteiger partial charge in [-0.2, -0.15) is 0 Å². The van der Waals surface area contributed by atoms with Crippen molar-refractivity contribution in [1.82, 2.24) is 0 Å². The van der Waals surface area contributed by atoms with Gasteiger partial charge in [-0.25, -0.2) is 0 Å². The molecule has 0 aromatic heterocycles. The van der Waals surface area contributed by atoms with E-state index in [1.54, 1.807) is 26.0 Å². The lowest BCUT2D eigenvalue weighted by Crippen LogP contribution is -2.39. The average molecular weight is 316 g/mol. The molecule has 1 aromatic rings. The molecule has 3 rings (SSSR count). The first-order chi connectivity index (χ1) is 10.6. The van der Waals surface area contributed by atoms with Crippen LogP contribution in [-0.4, -0.2) is 28.2 Å². The molecular weight excluding hydrogens is 292 g/mol. The summed E-state index contributed by atoms with van der Waals surface area (Å²) >= 11 is 0. The molecule has 0 spiro atoms. The van der Waals surface area contributed by atoms with Crippen LogP contribution in [0.5, 0.6) is 11.5 Å². The van der Waals surface area contributed by atoms with Crippen LogP contribution in [0, 0.1) is 5.41 Å². The molecule has 4 heteroatoms. The fourth-order valence-electron chi connectivity index (χ4n) is 2.94. The van der Waals surface area contributed by atoms with E-state index in [-0.39, 0.29) is 11.5 Å². The highest BCUT2D eigenvalue weighted by Crippen LogP contribution is 2.43. The molecule has 0 bridgehead atoms. The average Bonchev–Trinajstić information content (AvgIpc) is 2.87. The Morgan fingerprint density at radius 3 is 2.48 bits per heavy atom. The van der Waals surface area contributed by atoms with E-state index in [1.807, 2.05) is 26.0 Å². The zero-order valence-corrected chi connectivity index (χ0v) is 14.1. The summed E-state index contributed by atoms with van der Waals surface area (Å²) in [6, 6.07) is 3.81. The van der Waals surface area contributed by atoms with Crippen molar-refractivity contribution in [2.24, 2.45) is 5.41 Å². The van der Waals surface area contributed by atoms with E-state index in [0.29, 0.717) is 17.9 Å². The molecule has 2 aliphatic rings. The molecule has 0 saturated carbocycles. The second-order valence-electron chi connectivity index (χ2n) is 7.46. The lowest BCUT2D eigenvalue weighted by molar-refractivity contribution is -0.0234. The highest BCUT2D eigenvalue weighted by molar-refractivity contribution is 5.67. The Bertz CT molecular complexity index is 679. The normalized spacial score (nSPS) is 23.3. The quantitative estimate of drug-likeness (QED) is 0.842. The molecule has 0 amide bonds. The van der Waals surface area contributed by atoms with Crippen molar-refractivity contribution >= 4 is 6.08 Å². The van der Waals surface area contributed by atoms with E-state index in [9.17, 15) is 10.2 Å². The number of fused-ring (bicyclic) bond motifs is 2. The molecule has 23 heavy (non-hydrogen) atoms. The van der Waals surface area contributed by atoms with E-state index in [0.717, 1.165) is 16.7 Å². The summed E-state index contributed by atoms with van der Waals surface area (Å²) in [5, 5.41) is 20.5. The maximum absolute atomic E-state index is 10.3. The van der Waals surface area contributed by atoms with Gasteiger partial charge in [-0.3, -0.25) is 0 Å². The SMILES string of the molecule is C=CC(C)(C)C1=Cc2cc3c(cc2OC1O)O[C@H](C(C)(C)O)C3. The minimum Gasteiger partial charge on any atom is -0.487 e. The summed E-state index contributed by atoms with van der Waals surface area (Å²) < 4.78 is 11.5. The first-order valence-electron chi connectivity index (χ1n) is 7.88. The fraction of sp³-hybridized carbons (Fsp3) is 0.474. The van der Waals surface area contributed by atoms with E-state index in [2.05, 4.69) is 6.58 Å². The minimum absolute atomic E-state index is 0.278. The minimum atomic E-state index is -1.000. The molecule has 0 fully saturated rings. The Labute approximate surface area is 137 Å². The van der Waals surface area contributed by atoms with Crippen LogP contribution in [0.3, 0.4) is 0 Å². The first-order valence-corrected chi connectivity index (χ1v) is 7.88. The molecule has 2 heterocycles. The van der Waals surface area contributed by atoms with Crippen molar-refractivity contribution in [3.05, 3.63) is 41.5 Å². The number of allylic oxidation sites excluding steroid dienone is 1. The highest BCUT2D eigenvalue weighted by atomic mass is 16.6. The van der Waals surface area contributed by atoms with Crippen molar-refractivity contribution in [2.45, 2.75) is 52.1 Å². The van der Waals surface area contributed by atoms with Crippen molar-refractivity contribution in [3.8, 4) is 11.5 Å². The molecule has 2 aliphatic heterocycles. The lowest BCUT2D eigenvalue weighted by Gasteiger charge is -2.32. The van der Waals surface area contributed by atoms with Gasteiger partial charge in [-0.05, 0) is 31.6 Å². The molecule has 2 N–H and O–H groups in total. The molecule has 4 nitrogen and oxygen atoms in total. The number of aliphatic hydroxyl groups is 2. The van der Waals surface area contributed by atoms with Gasteiger partial charge < -0.3 is 19.7 Å². The summed E-state index contributed by atoms with van der Waals surface area (Å²) in [7, 11) is 0. The third-order valence-corrected chi connectivity index (χ3v) is 4.73. The molecule has 124 valence electrons. The van der Waals surface area contributed by atoms with Gasteiger partial charge in [0.25, 0.3) is 0 Å². The van der Waals surface area contributed by atoms with Gasteiger partial charge in [0.2, 0.25) is 6.29 Å². The van der Waals surface area contributed by atoms with Gasteiger partial charge in [0, 0.05) is 29.0 Å². The Morgan fingerprint density at radius 1 is 1.17 bits per heavy atom. The van der Waals surface area contributed by atoms with E-state index in [1.165, 1.54) is 0 Å². The Kier molecular flexibility index (Phi) is 3.58. The summed E-state index contributed by atoms with van der Waals surface area (Å²) in [6.45, 7) is 11.3. The van der Waals surface area contributed by atoms with Crippen LogP contribution >= 0.6 is 0 Å². The number of benzene rings is 1.